The molecule has 0 saturated carbocycles. The number of sulfonamides is 1. The molecule has 0 aromatic carbocycles. The van der Waals surface area contributed by atoms with Crippen molar-refractivity contribution in [2.75, 3.05) is 0 Å². The monoisotopic (exact) mass is 279 g/mol. The molecule has 0 spiro atoms. The zero-order valence-corrected chi connectivity index (χ0v) is 11.0. The van der Waals surface area contributed by atoms with Crippen LogP contribution in [0.25, 0.3) is 0 Å². The van der Waals surface area contributed by atoms with E-state index in [4.69, 9.17) is 0 Å². The number of hydrogen-bond acceptors (Lipinski definition) is 4. The van der Waals surface area contributed by atoms with E-state index in [1.807, 2.05) is 0 Å². The molecule has 0 bridgehead atoms. The van der Waals surface area contributed by atoms with Crippen LogP contribution in [0.5, 0.6) is 0 Å². The van der Waals surface area contributed by atoms with Crippen LogP contribution in [-0.4, -0.2) is 18.4 Å². The number of H-pyrrole nitrogens is 1. The van der Waals surface area contributed by atoms with Crippen LogP contribution >= 0.6 is 0 Å². The van der Waals surface area contributed by atoms with E-state index in [1.54, 1.807) is 31.5 Å². The van der Waals surface area contributed by atoms with Crippen molar-refractivity contribution in [2.24, 2.45) is 0 Å². The van der Waals surface area contributed by atoms with Crippen LogP contribution in [0.2, 0.25) is 0 Å². The largest absolute Gasteiger partial charge is 0.328 e. The Balaban J connectivity index is 2.22. The second kappa shape index (κ2) is 5.33. The third-order valence-electron chi connectivity index (χ3n) is 2.60. The lowest BCUT2D eigenvalue weighted by molar-refractivity contribution is 0.566. The molecule has 2 aromatic rings. The molecule has 7 heteroatoms. The van der Waals surface area contributed by atoms with E-state index in [2.05, 4.69) is 14.7 Å². The number of aromatic amines is 1. The lowest BCUT2D eigenvalue weighted by Crippen LogP contribution is -2.27. The molecule has 1 atom stereocenters. The first-order valence-electron chi connectivity index (χ1n) is 5.60. The predicted molar refractivity (Wildman–Crippen MR) is 70.0 cm³/mol. The number of aromatic nitrogens is 2. The molecule has 6 nitrogen and oxygen atoms in total. The molecular weight excluding hydrogens is 266 g/mol. The van der Waals surface area contributed by atoms with Gasteiger partial charge < -0.3 is 4.98 Å². The molecule has 2 heterocycles. The van der Waals surface area contributed by atoms with Crippen molar-refractivity contribution in [3.63, 3.8) is 0 Å². The van der Waals surface area contributed by atoms with Gasteiger partial charge >= 0.3 is 0 Å². The van der Waals surface area contributed by atoms with E-state index in [9.17, 15) is 13.2 Å². The van der Waals surface area contributed by atoms with Crippen molar-refractivity contribution < 1.29 is 8.42 Å². The fourth-order valence-corrected chi connectivity index (χ4v) is 2.78. The molecule has 0 aliphatic heterocycles. The number of hydrogen-bond donors (Lipinski definition) is 2. The summed E-state index contributed by atoms with van der Waals surface area (Å²) in [5.41, 5.74) is 0.462. The van der Waals surface area contributed by atoms with Gasteiger partial charge in [0.15, 0.2) is 0 Å². The summed E-state index contributed by atoms with van der Waals surface area (Å²) in [6.45, 7) is 1.73. The zero-order valence-electron chi connectivity index (χ0n) is 10.2. The highest BCUT2D eigenvalue weighted by Gasteiger charge is 2.18. The van der Waals surface area contributed by atoms with E-state index in [-0.39, 0.29) is 16.5 Å². The Bertz CT molecular complexity index is 690. The first-order valence-corrected chi connectivity index (χ1v) is 7.08. The van der Waals surface area contributed by atoms with Gasteiger partial charge in [-0.3, -0.25) is 9.78 Å². The van der Waals surface area contributed by atoms with Crippen LogP contribution in [0.3, 0.4) is 0 Å². The average molecular weight is 279 g/mol. The van der Waals surface area contributed by atoms with Crippen molar-refractivity contribution >= 4 is 10.0 Å². The Labute approximate surface area is 110 Å². The summed E-state index contributed by atoms with van der Waals surface area (Å²) < 4.78 is 26.7. The molecule has 0 aliphatic carbocycles. The van der Waals surface area contributed by atoms with Gasteiger partial charge in [0.05, 0.1) is 4.90 Å². The molecule has 0 aliphatic rings. The summed E-state index contributed by atoms with van der Waals surface area (Å²) in [6.07, 6.45) is 4.37. The molecular formula is C12H13N3O3S. The number of nitrogens with one attached hydrogen (secondary N) is 2. The maximum Gasteiger partial charge on any atom is 0.247 e. The fraction of sp³-hybridized carbons (Fsp3) is 0.167. The Morgan fingerprint density at radius 3 is 2.47 bits per heavy atom. The summed E-state index contributed by atoms with van der Waals surface area (Å²) in [5, 5.41) is 0. The predicted octanol–water partition coefficient (Wildman–Crippen LogP) is 0.809. The first kappa shape index (κ1) is 13.4. The first-order chi connectivity index (χ1) is 8.99. The molecule has 0 radical (unpaired) electrons. The molecule has 0 saturated heterocycles. The van der Waals surface area contributed by atoms with Crippen LogP contribution in [-0.2, 0) is 10.0 Å². The Hall–Kier alpha value is -1.99. The maximum atomic E-state index is 12.1. The fourth-order valence-electron chi connectivity index (χ4n) is 1.58. The van der Waals surface area contributed by atoms with Gasteiger partial charge in [-0.15, -0.1) is 0 Å². The Morgan fingerprint density at radius 2 is 1.89 bits per heavy atom. The minimum atomic E-state index is -3.66. The highest BCUT2D eigenvalue weighted by atomic mass is 32.2. The molecule has 2 aromatic heterocycles. The number of pyridine rings is 2. The Morgan fingerprint density at radius 1 is 1.21 bits per heavy atom. The molecule has 0 fully saturated rings. The van der Waals surface area contributed by atoms with Crippen LogP contribution in [0.1, 0.15) is 18.5 Å². The highest BCUT2D eigenvalue weighted by Crippen LogP contribution is 2.14. The Kier molecular flexibility index (Phi) is 3.77. The van der Waals surface area contributed by atoms with Crippen molar-refractivity contribution in [3.05, 3.63) is 58.8 Å². The van der Waals surface area contributed by atoms with E-state index in [0.29, 0.717) is 0 Å². The minimum Gasteiger partial charge on any atom is -0.328 e. The molecule has 0 amide bonds. The summed E-state index contributed by atoms with van der Waals surface area (Å²) >= 11 is 0. The van der Waals surface area contributed by atoms with E-state index in [0.717, 1.165) is 5.56 Å². The summed E-state index contributed by atoms with van der Waals surface area (Å²) in [6, 6.07) is 5.52. The van der Waals surface area contributed by atoms with Crippen LogP contribution in [0.15, 0.2) is 52.5 Å². The molecule has 2 rings (SSSR count). The highest BCUT2D eigenvalue weighted by molar-refractivity contribution is 7.89. The minimum absolute atomic E-state index is 0.0213. The van der Waals surface area contributed by atoms with Crippen molar-refractivity contribution in [1.29, 1.82) is 0 Å². The van der Waals surface area contributed by atoms with E-state index < -0.39 is 10.0 Å². The standard InChI is InChI=1S/C12H13N3O3S/c1-9(10-4-6-13-7-5-10)15-19(17,18)11-2-3-12(16)14-8-11/h2-9,15H,1H3,(H,14,16). The van der Waals surface area contributed by atoms with Crippen LogP contribution in [0.4, 0.5) is 0 Å². The van der Waals surface area contributed by atoms with Gasteiger partial charge in [0.25, 0.3) is 0 Å². The smallest absolute Gasteiger partial charge is 0.247 e. The number of rotatable bonds is 4. The molecule has 2 N–H and O–H groups in total. The van der Waals surface area contributed by atoms with Crippen molar-refractivity contribution in [2.45, 2.75) is 17.9 Å². The molecule has 100 valence electrons. The second-order valence-corrected chi connectivity index (χ2v) is 5.73. The van der Waals surface area contributed by atoms with Gasteiger partial charge in [0, 0.05) is 30.7 Å². The van der Waals surface area contributed by atoms with Gasteiger partial charge in [0.1, 0.15) is 0 Å². The lowest BCUT2D eigenvalue weighted by Gasteiger charge is -2.14. The van der Waals surface area contributed by atoms with E-state index in [1.165, 1.54) is 18.3 Å². The SMILES string of the molecule is CC(NS(=O)(=O)c1ccc(=O)[nH]c1)c1ccncc1. The number of nitrogens with zero attached hydrogens (tertiary/aromatic N) is 1. The van der Waals surface area contributed by atoms with Gasteiger partial charge in [-0.05, 0) is 30.7 Å². The van der Waals surface area contributed by atoms with Gasteiger partial charge in [-0.1, -0.05) is 0 Å². The maximum absolute atomic E-state index is 12.1. The van der Waals surface area contributed by atoms with Crippen molar-refractivity contribution in [1.82, 2.24) is 14.7 Å². The molecule has 1 unspecified atom stereocenters. The topological polar surface area (TPSA) is 91.9 Å². The summed E-state index contributed by atoms with van der Waals surface area (Å²) in [4.78, 5) is 17.1. The summed E-state index contributed by atoms with van der Waals surface area (Å²) in [5.74, 6) is 0. The van der Waals surface area contributed by atoms with Crippen LogP contribution < -0.4 is 10.3 Å². The molecule has 19 heavy (non-hydrogen) atoms. The average Bonchev–Trinajstić information content (AvgIpc) is 2.40. The lowest BCUT2D eigenvalue weighted by atomic mass is 10.1. The van der Waals surface area contributed by atoms with Gasteiger partial charge in [0.2, 0.25) is 15.6 Å². The van der Waals surface area contributed by atoms with Gasteiger partial charge in [-0.25, -0.2) is 13.1 Å². The zero-order chi connectivity index (χ0) is 13.9. The third-order valence-corrected chi connectivity index (χ3v) is 4.14. The second-order valence-electron chi connectivity index (χ2n) is 4.01. The van der Waals surface area contributed by atoms with E-state index >= 15 is 0 Å². The van der Waals surface area contributed by atoms with Crippen molar-refractivity contribution in [3.8, 4) is 0 Å². The normalized spacial score (nSPS) is 13.1. The van der Waals surface area contributed by atoms with Gasteiger partial charge in [-0.2, -0.15) is 0 Å². The third kappa shape index (κ3) is 3.27. The summed E-state index contributed by atoms with van der Waals surface area (Å²) in [7, 11) is -3.66. The van der Waals surface area contributed by atoms with Crippen LogP contribution in [0, 0.1) is 0 Å². The quantitative estimate of drug-likeness (QED) is 0.866.